The van der Waals surface area contributed by atoms with Gasteiger partial charge >= 0.3 is 11.9 Å². The number of aliphatic hydroxyl groups is 1. The van der Waals surface area contributed by atoms with Gasteiger partial charge in [0.2, 0.25) is 17.7 Å². The van der Waals surface area contributed by atoms with Gasteiger partial charge in [-0.3, -0.25) is 19.2 Å². The Balaban J connectivity index is 2.16. The molecular weight excluding hydrogens is 474 g/mol. The Hall–Kier alpha value is -3.97. The third-order valence-corrected chi connectivity index (χ3v) is 5.47. The van der Waals surface area contributed by atoms with E-state index >= 15 is 0 Å². The van der Waals surface area contributed by atoms with Gasteiger partial charge in [0, 0.05) is 29.9 Å². The van der Waals surface area contributed by atoms with E-state index in [-0.39, 0.29) is 12.8 Å². The van der Waals surface area contributed by atoms with Crippen molar-refractivity contribution in [1.82, 2.24) is 20.9 Å². The van der Waals surface area contributed by atoms with Crippen LogP contribution in [0.4, 0.5) is 0 Å². The summed E-state index contributed by atoms with van der Waals surface area (Å²) < 4.78 is 0. The highest BCUT2D eigenvalue weighted by Crippen LogP contribution is 2.19. The maximum atomic E-state index is 12.9. The summed E-state index contributed by atoms with van der Waals surface area (Å²) in [7, 11) is 0. The van der Waals surface area contributed by atoms with Crippen LogP contribution >= 0.6 is 0 Å². The monoisotopic (exact) mass is 505 g/mol. The highest BCUT2D eigenvalue weighted by molar-refractivity contribution is 5.94. The summed E-state index contributed by atoms with van der Waals surface area (Å²) in [6, 6.07) is 1.92. The first-order valence-electron chi connectivity index (χ1n) is 11.2. The number of aliphatic hydroxyl groups excluding tert-OH is 1. The van der Waals surface area contributed by atoms with Gasteiger partial charge in [-0.15, -0.1) is 0 Å². The number of aromatic nitrogens is 1. The van der Waals surface area contributed by atoms with Gasteiger partial charge in [0.1, 0.15) is 18.1 Å². The summed E-state index contributed by atoms with van der Waals surface area (Å²) in [6.07, 6.45) is -0.645. The molecule has 5 atom stereocenters. The van der Waals surface area contributed by atoms with E-state index in [9.17, 15) is 34.2 Å². The molecule has 2 rings (SSSR count). The number of carboxylic acid groups (broad SMARTS) is 2. The molecule has 0 aliphatic heterocycles. The Labute approximate surface area is 206 Å². The van der Waals surface area contributed by atoms with Crippen molar-refractivity contribution >= 4 is 40.6 Å². The summed E-state index contributed by atoms with van der Waals surface area (Å²) in [5, 5.41) is 36.4. The molecule has 1 heterocycles. The Morgan fingerprint density at radius 3 is 2.17 bits per heavy atom. The average Bonchev–Trinajstić information content (AvgIpc) is 3.21. The van der Waals surface area contributed by atoms with Crippen molar-refractivity contribution in [3.8, 4) is 0 Å². The molecular formula is C23H31N5O8. The molecule has 0 bridgehead atoms. The maximum Gasteiger partial charge on any atom is 0.326 e. The smallest absolute Gasteiger partial charge is 0.326 e. The fraction of sp³-hybridized carbons (Fsp3) is 0.435. The normalized spacial score (nSPS) is 15.2. The molecule has 0 saturated heterocycles. The van der Waals surface area contributed by atoms with Crippen LogP contribution < -0.4 is 21.7 Å². The minimum absolute atomic E-state index is 0.0722. The van der Waals surface area contributed by atoms with Crippen LogP contribution in [0.1, 0.15) is 32.3 Å². The van der Waals surface area contributed by atoms with Crippen LogP contribution in [-0.2, 0) is 30.4 Å². The third kappa shape index (κ3) is 7.78. The van der Waals surface area contributed by atoms with Crippen molar-refractivity contribution in [2.45, 2.75) is 63.4 Å². The molecule has 36 heavy (non-hydrogen) atoms. The number of nitrogens with one attached hydrogen (secondary N) is 4. The largest absolute Gasteiger partial charge is 0.481 e. The SMILES string of the molecule is CC(N)C(=O)NC(CCC(=O)O)C(=O)NC(C(=O)NC(Cc1c[nH]c2ccccc12)C(=O)O)C(C)O. The molecule has 0 fully saturated rings. The topological polar surface area (TPSA) is 224 Å². The first-order chi connectivity index (χ1) is 16.9. The van der Waals surface area contributed by atoms with Crippen LogP contribution in [0.25, 0.3) is 10.9 Å². The van der Waals surface area contributed by atoms with E-state index in [2.05, 4.69) is 20.9 Å². The van der Waals surface area contributed by atoms with E-state index in [0.29, 0.717) is 5.56 Å². The number of carbonyl (C=O) groups excluding carboxylic acids is 3. The van der Waals surface area contributed by atoms with E-state index in [0.717, 1.165) is 10.9 Å². The van der Waals surface area contributed by atoms with Gasteiger partial charge in [-0.25, -0.2) is 4.79 Å². The number of hydrogen-bond donors (Lipinski definition) is 8. The third-order valence-electron chi connectivity index (χ3n) is 5.47. The van der Waals surface area contributed by atoms with Crippen LogP contribution in [0.3, 0.4) is 0 Å². The summed E-state index contributed by atoms with van der Waals surface area (Å²) in [5.41, 5.74) is 6.92. The Morgan fingerprint density at radius 2 is 1.58 bits per heavy atom. The Kier molecular flexibility index (Phi) is 9.93. The van der Waals surface area contributed by atoms with Gasteiger partial charge in [-0.1, -0.05) is 18.2 Å². The van der Waals surface area contributed by atoms with Crippen LogP contribution in [0.5, 0.6) is 0 Å². The molecule has 13 nitrogen and oxygen atoms in total. The molecule has 196 valence electrons. The summed E-state index contributed by atoms with van der Waals surface area (Å²) in [6.45, 7) is 2.58. The number of carboxylic acids is 2. The molecule has 13 heteroatoms. The summed E-state index contributed by atoms with van der Waals surface area (Å²) >= 11 is 0. The van der Waals surface area contributed by atoms with Gasteiger partial charge in [-0.05, 0) is 31.9 Å². The lowest BCUT2D eigenvalue weighted by atomic mass is 10.0. The minimum Gasteiger partial charge on any atom is -0.481 e. The quantitative estimate of drug-likeness (QED) is 0.164. The van der Waals surface area contributed by atoms with E-state index in [1.165, 1.54) is 13.8 Å². The molecule has 1 aromatic carbocycles. The number of H-pyrrole nitrogens is 1. The number of benzene rings is 1. The Bertz CT molecular complexity index is 1110. The molecule has 0 radical (unpaired) electrons. The second-order valence-electron chi connectivity index (χ2n) is 8.47. The fourth-order valence-electron chi connectivity index (χ4n) is 3.48. The van der Waals surface area contributed by atoms with E-state index in [1.54, 1.807) is 18.3 Å². The molecule has 2 aromatic rings. The predicted octanol–water partition coefficient (Wildman–Crippen LogP) is -1.16. The second kappa shape index (κ2) is 12.7. The van der Waals surface area contributed by atoms with Gasteiger partial charge in [0.05, 0.1) is 12.1 Å². The maximum absolute atomic E-state index is 12.9. The molecule has 5 unspecified atom stereocenters. The lowest BCUT2D eigenvalue weighted by molar-refractivity contribution is -0.143. The number of rotatable bonds is 13. The van der Waals surface area contributed by atoms with Gasteiger partial charge in [0.15, 0.2) is 0 Å². The first kappa shape index (κ1) is 28.3. The zero-order valence-corrected chi connectivity index (χ0v) is 19.9. The summed E-state index contributed by atoms with van der Waals surface area (Å²) in [4.78, 5) is 63.5. The number of aliphatic carboxylic acids is 2. The van der Waals surface area contributed by atoms with Crippen molar-refractivity contribution < 1.29 is 39.3 Å². The predicted molar refractivity (Wildman–Crippen MR) is 128 cm³/mol. The first-order valence-corrected chi connectivity index (χ1v) is 11.2. The molecule has 3 amide bonds. The van der Waals surface area contributed by atoms with Crippen molar-refractivity contribution in [2.75, 3.05) is 0 Å². The standard InChI is InChI=1S/C23H31N5O8/c1-11(24)20(32)26-16(7-8-18(30)31)21(33)28-19(12(2)29)22(34)27-17(23(35)36)9-13-10-25-15-6-4-3-5-14(13)15/h3-6,10-12,16-17,19,25,29H,7-9,24H2,1-2H3,(H,26,32)(H,27,34)(H,28,33)(H,30,31)(H,35,36). The number of hydrogen-bond acceptors (Lipinski definition) is 7. The van der Waals surface area contributed by atoms with Crippen molar-refractivity contribution in [3.05, 3.63) is 36.0 Å². The van der Waals surface area contributed by atoms with E-state index in [1.807, 2.05) is 12.1 Å². The van der Waals surface area contributed by atoms with Crippen molar-refractivity contribution in [1.29, 1.82) is 0 Å². The van der Waals surface area contributed by atoms with Crippen LogP contribution in [-0.4, -0.2) is 80.2 Å². The van der Waals surface area contributed by atoms with Crippen LogP contribution in [0.15, 0.2) is 30.5 Å². The molecule has 0 aliphatic carbocycles. The fourth-order valence-corrected chi connectivity index (χ4v) is 3.48. The van der Waals surface area contributed by atoms with Crippen LogP contribution in [0.2, 0.25) is 0 Å². The second-order valence-corrected chi connectivity index (χ2v) is 8.47. The molecule has 9 N–H and O–H groups in total. The number of fused-ring (bicyclic) bond motifs is 1. The Morgan fingerprint density at radius 1 is 0.944 bits per heavy atom. The van der Waals surface area contributed by atoms with E-state index in [4.69, 9.17) is 10.8 Å². The molecule has 1 aromatic heterocycles. The van der Waals surface area contributed by atoms with Crippen LogP contribution in [0, 0.1) is 0 Å². The highest BCUT2D eigenvalue weighted by Gasteiger charge is 2.33. The number of carbonyl (C=O) groups is 5. The lowest BCUT2D eigenvalue weighted by Gasteiger charge is -2.26. The summed E-state index contributed by atoms with van der Waals surface area (Å²) in [5.74, 6) is -5.17. The number of amides is 3. The number of para-hydroxylation sites is 1. The average molecular weight is 506 g/mol. The lowest BCUT2D eigenvalue weighted by Crippen LogP contribution is -2.60. The number of nitrogens with two attached hydrogens (primary N) is 1. The molecule has 0 saturated carbocycles. The molecule has 0 spiro atoms. The van der Waals surface area contributed by atoms with Gasteiger partial charge < -0.3 is 42.0 Å². The van der Waals surface area contributed by atoms with E-state index < -0.39 is 66.4 Å². The highest BCUT2D eigenvalue weighted by atomic mass is 16.4. The van der Waals surface area contributed by atoms with Crippen molar-refractivity contribution in [2.24, 2.45) is 5.73 Å². The molecule has 0 aliphatic rings. The van der Waals surface area contributed by atoms with Gasteiger partial charge in [0.25, 0.3) is 0 Å². The zero-order chi connectivity index (χ0) is 27.0. The zero-order valence-electron chi connectivity index (χ0n) is 19.9. The minimum atomic E-state index is -1.58. The van der Waals surface area contributed by atoms with Gasteiger partial charge in [-0.2, -0.15) is 0 Å². The number of aromatic amines is 1. The van der Waals surface area contributed by atoms with Crippen molar-refractivity contribution in [3.63, 3.8) is 0 Å².